The number of aromatic nitrogens is 2. The molecule has 0 aliphatic rings. The Morgan fingerprint density at radius 2 is 2.00 bits per heavy atom. The van der Waals surface area contributed by atoms with Crippen molar-refractivity contribution < 1.29 is 15.0 Å². The van der Waals surface area contributed by atoms with Gasteiger partial charge >= 0.3 is 5.97 Å². The van der Waals surface area contributed by atoms with E-state index in [0.717, 1.165) is 11.1 Å². The number of hydrogen-bond donors (Lipinski definition) is 3. The molecule has 5 heteroatoms. The molecular weight excluding hydrogens is 220 g/mol. The van der Waals surface area contributed by atoms with Crippen molar-refractivity contribution in [3.63, 3.8) is 0 Å². The SMILES string of the molecule is Cc1cc(C)c(-c2cc(C(=O)O)[nH]n2)c(O)c1. The summed E-state index contributed by atoms with van der Waals surface area (Å²) in [5.41, 5.74) is 2.78. The summed E-state index contributed by atoms with van der Waals surface area (Å²) in [6.07, 6.45) is 0. The van der Waals surface area contributed by atoms with Gasteiger partial charge in [-0.2, -0.15) is 5.10 Å². The summed E-state index contributed by atoms with van der Waals surface area (Å²) in [4.78, 5) is 10.7. The van der Waals surface area contributed by atoms with Crippen molar-refractivity contribution in [1.82, 2.24) is 10.2 Å². The number of nitrogens with zero attached hydrogens (tertiary/aromatic N) is 1. The van der Waals surface area contributed by atoms with Crippen molar-refractivity contribution in [3.8, 4) is 17.0 Å². The predicted octanol–water partition coefficient (Wildman–Crippen LogP) is 2.10. The van der Waals surface area contributed by atoms with Crippen LogP contribution in [0.5, 0.6) is 5.75 Å². The van der Waals surface area contributed by atoms with Crippen molar-refractivity contribution in [3.05, 3.63) is 35.0 Å². The van der Waals surface area contributed by atoms with Crippen LogP contribution in [0.1, 0.15) is 21.6 Å². The molecule has 0 unspecified atom stereocenters. The van der Waals surface area contributed by atoms with Crippen molar-refractivity contribution >= 4 is 5.97 Å². The molecule has 0 bridgehead atoms. The summed E-state index contributed by atoms with van der Waals surface area (Å²) in [6.45, 7) is 3.72. The van der Waals surface area contributed by atoms with Gasteiger partial charge in [0, 0.05) is 5.56 Å². The van der Waals surface area contributed by atoms with Gasteiger partial charge < -0.3 is 10.2 Å². The Labute approximate surface area is 97.7 Å². The van der Waals surface area contributed by atoms with Gasteiger partial charge in [-0.15, -0.1) is 0 Å². The van der Waals surface area contributed by atoms with Gasteiger partial charge in [-0.05, 0) is 37.1 Å². The molecule has 0 aliphatic carbocycles. The minimum absolute atomic E-state index is 0.000579. The molecule has 3 N–H and O–H groups in total. The van der Waals surface area contributed by atoms with E-state index < -0.39 is 5.97 Å². The Balaban J connectivity index is 2.56. The molecule has 0 fully saturated rings. The Morgan fingerprint density at radius 1 is 1.29 bits per heavy atom. The van der Waals surface area contributed by atoms with Crippen molar-refractivity contribution in [1.29, 1.82) is 0 Å². The number of carbonyl (C=O) groups is 1. The second-order valence-corrected chi connectivity index (χ2v) is 3.95. The minimum atomic E-state index is -1.08. The molecule has 1 aromatic heterocycles. The highest BCUT2D eigenvalue weighted by atomic mass is 16.4. The first-order chi connectivity index (χ1) is 7.99. The first-order valence-corrected chi connectivity index (χ1v) is 5.08. The molecule has 1 aromatic carbocycles. The van der Waals surface area contributed by atoms with E-state index in [-0.39, 0.29) is 11.4 Å². The second kappa shape index (κ2) is 3.93. The van der Waals surface area contributed by atoms with Crippen LogP contribution in [-0.2, 0) is 0 Å². The molecule has 2 aromatic rings. The van der Waals surface area contributed by atoms with Crippen LogP contribution in [0.2, 0.25) is 0 Å². The molecule has 0 atom stereocenters. The average molecular weight is 232 g/mol. The maximum atomic E-state index is 10.7. The molecule has 5 nitrogen and oxygen atoms in total. The van der Waals surface area contributed by atoms with Crippen LogP contribution in [0, 0.1) is 13.8 Å². The summed E-state index contributed by atoms with van der Waals surface area (Å²) in [7, 11) is 0. The Bertz CT molecular complexity index is 564. The minimum Gasteiger partial charge on any atom is -0.507 e. The highest BCUT2D eigenvalue weighted by molar-refractivity contribution is 5.87. The van der Waals surface area contributed by atoms with E-state index in [2.05, 4.69) is 10.2 Å². The zero-order valence-electron chi connectivity index (χ0n) is 9.48. The average Bonchev–Trinajstić information content (AvgIpc) is 2.65. The first-order valence-electron chi connectivity index (χ1n) is 5.08. The molecule has 0 aliphatic heterocycles. The van der Waals surface area contributed by atoms with Crippen LogP contribution < -0.4 is 0 Å². The van der Waals surface area contributed by atoms with Crippen LogP contribution in [-0.4, -0.2) is 26.4 Å². The number of nitrogens with one attached hydrogen (secondary N) is 1. The fourth-order valence-corrected chi connectivity index (χ4v) is 1.84. The quantitative estimate of drug-likeness (QED) is 0.740. The number of aromatic amines is 1. The van der Waals surface area contributed by atoms with Crippen molar-refractivity contribution in [2.24, 2.45) is 0 Å². The fourth-order valence-electron chi connectivity index (χ4n) is 1.84. The molecule has 88 valence electrons. The second-order valence-electron chi connectivity index (χ2n) is 3.95. The molecule has 0 amide bonds. The Hall–Kier alpha value is -2.30. The lowest BCUT2D eigenvalue weighted by Gasteiger charge is -2.06. The number of aromatic hydroxyl groups is 1. The standard InChI is InChI=1S/C12H12N2O3/c1-6-3-7(2)11(10(15)4-6)8-5-9(12(16)17)14-13-8/h3-5,15H,1-2H3,(H,13,14)(H,16,17). The van der Waals surface area contributed by atoms with Gasteiger partial charge in [-0.3, -0.25) is 5.10 Å². The highest BCUT2D eigenvalue weighted by Crippen LogP contribution is 2.32. The van der Waals surface area contributed by atoms with Crippen molar-refractivity contribution in [2.75, 3.05) is 0 Å². The number of carboxylic acid groups (broad SMARTS) is 1. The highest BCUT2D eigenvalue weighted by Gasteiger charge is 2.14. The third kappa shape index (κ3) is 1.99. The van der Waals surface area contributed by atoms with E-state index >= 15 is 0 Å². The molecule has 1 heterocycles. The molecular formula is C12H12N2O3. The topological polar surface area (TPSA) is 86.2 Å². The van der Waals surface area contributed by atoms with Crippen LogP contribution >= 0.6 is 0 Å². The van der Waals surface area contributed by atoms with Gasteiger partial charge in [0.15, 0.2) is 0 Å². The third-order valence-electron chi connectivity index (χ3n) is 2.52. The first kappa shape index (κ1) is 11.2. The molecule has 0 spiro atoms. The number of phenols is 1. The molecule has 0 saturated heterocycles. The van der Waals surface area contributed by atoms with Gasteiger partial charge in [-0.1, -0.05) is 6.07 Å². The lowest BCUT2D eigenvalue weighted by Crippen LogP contribution is -1.95. The van der Waals surface area contributed by atoms with E-state index in [4.69, 9.17) is 5.11 Å². The van der Waals surface area contributed by atoms with E-state index in [1.54, 1.807) is 6.07 Å². The maximum absolute atomic E-state index is 10.7. The van der Waals surface area contributed by atoms with Gasteiger partial charge in [0.25, 0.3) is 0 Å². The van der Waals surface area contributed by atoms with E-state index in [0.29, 0.717) is 11.3 Å². The third-order valence-corrected chi connectivity index (χ3v) is 2.52. The van der Waals surface area contributed by atoms with E-state index in [1.165, 1.54) is 6.07 Å². The number of phenolic OH excluding ortho intramolecular Hbond substituents is 1. The van der Waals surface area contributed by atoms with Crippen LogP contribution in [0.3, 0.4) is 0 Å². The molecule has 17 heavy (non-hydrogen) atoms. The summed E-state index contributed by atoms with van der Waals surface area (Å²) in [6, 6.07) is 4.93. The summed E-state index contributed by atoms with van der Waals surface area (Å²) < 4.78 is 0. The lowest BCUT2D eigenvalue weighted by molar-refractivity contribution is 0.0690. The number of rotatable bonds is 2. The van der Waals surface area contributed by atoms with Crippen LogP contribution in [0.25, 0.3) is 11.3 Å². The van der Waals surface area contributed by atoms with Crippen LogP contribution in [0.4, 0.5) is 0 Å². The lowest BCUT2D eigenvalue weighted by atomic mass is 10.0. The van der Waals surface area contributed by atoms with Gasteiger partial charge in [-0.25, -0.2) is 4.79 Å². The van der Waals surface area contributed by atoms with E-state index in [1.807, 2.05) is 19.9 Å². The normalized spacial score (nSPS) is 10.5. The number of benzene rings is 1. The molecule has 2 rings (SSSR count). The maximum Gasteiger partial charge on any atom is 0.353 e. The summed E-state index contributed by atoms with van der Waals surface area (Å²) in [5.74, 6) is -0.973. The largest absolute Gasteiger partial charge is 0.507 e. The number of H-pyrrole nitrogens is 1. The zero-order chi connectivity index (χ0) is 12.6. The number of carboxylic acids is 1. The van der Waals surface area contributed by atoms with Crippen LogP contribution in [0.15, 0.2) is 18.2 Å². The van der Waals surface area contributed by atoms with E-state index in [9.17, 15) is 9.90 Å². The zero-order valence-corrected chi connectivity index (χ0v) is 9.48. The number of hydrogen-bond acceptors (Lipinski definition) is 3. The van der Waals surface area contributed by atoms with Crippen molar-refractivity contribution in [2.45, 2.75) is 13.8 Å². The molecule has 0 radical (unpaired) electrons. The van der Waals surface area contributed by atoms with Gasteiger partial charge in [0.1, 0.15) is 11.4 Å². The molecule has 0 saturated carbocycles. The predicted molar refractivity (Wildman–Crippen MR) is 62.1 cm³/mol. The van der Waals surface area contributed by atoms with Gasteiger partial charge in [0.2, 0.25) is 0 Å². The fraction of sp³-hybridized carbons (Fsp3) is 0.167. The Kier molecular flexibility index (Phi) is 2.59. The van der Waals surface area contributed by atoms with Gasteiger partial charge in [0.05, 0.1) is 5.69 Å². The monoisotopic (exact) mass is 232 g/mol. The summed E-state index contributed by atoms with van der Waals surface area (Å²) in [5, 5.41) is 25.0. The smallest absolute Gasteiger partial charge is 0.353 e. The number of aryl methyl sites for hydroxylation is 2. The number of aromatic carboxylic acids is 1. The summed E-state index contributed by atoms with van der Waals surface area (Å²) >= 11 is 0. The Morgan fingerprint density at radius 3 is 2.53 bits per heavy atom.